The zero-order valence-electron chi connectivity index (χ0n) is 21.2. The minimum atomic E-state index is -0.213. The molecule has 192 valence electrons. The van der Waals surface area contributed by atoms with Gasteiger partial charge in [-0.3, -0.25) is 9.69 Å². The van der Waals surface area contributed by atoms with E-state index in [0.717, 1.165) is 22.6 Å². The molecule has 0 spiro atoms. The minimum absolute atomic E-state index is 0.213. The fourth-order valence-electron chi connectivity index (χ4n) is 3.81. The molecule has 0 unspecified atom stereocenters. The molecular weight excluding hydrogens is 488 g/mol. The Morgan fingerprint density at radius 1 is 0.784 bits per heavy atom. The van der Waals surface area contributed by atoms with Gasteiger partial charge in [-0.25, -0.2) is 0 Å². The third-order valence-electron chi connectivity index (χ3n) is 5.49. The Morgan fingerprint density at radius 3 is 2.08 bits per heavy atom. The van der Waals surface area contributed by atoms with Crippen LogP contribution in [0.5, 0.6) is 23.0 Å². The lowest BCUT2D eigenvalue weighted by Gasteiger charge is -2.14. The second-order valence-electron chi connectivity index (χ2n) is 8.06. The molecule has 37 heavy (non-hydrogen) atoms. The van der Waals surface area contributed by atoms with Gasteiger partial charge in [0.05, 0.1) is 25.5 Å². The quantitative estimate of drug-likeness (QED) is 0.257. The molecule has 4 rings (SSSR count). The van der Waals surface area contributed by atoms with Gasteiger partial charge in [0.2, 0.25) is 0 Å². The maximum atomic E-state index is 13.0. The van der Waals surface area contributed by atoms with Crippen LogP contribution in [-0.4, -0.2) is 30.8 Å². The Morgan fingerprint density at radius 2 is 1.41 bits per heavy atom. The number of nitrogens with one attached hydrogen (secondary N) is 1. The summed E-state index contributed by atoms with van der Waals surface area (Å²) < 4.78 is 22.7. The highest BCUT2D eigenvalue weighted by molar-refractivity contribution is 7.80. The first kappa shape index (κ1) is 26.0. The number of nitrogens with zero attached hydrogens (tertiary/aromatic N) is 1. The summed E-state index contributed by atoms with van der Waals surface area (Å²) in [5, 5.41) is 3.35. The second-order valence-corrected chi connectivity index (χ2v) is 8.45. The van der Waals surface area contributed by atoms with Crippen molar-refractivity contribution in [3.05, 3.63) is 83.6 Å². The van der Waals surface area contributed by atoms with Crippen LogP contribution < -0.4 is 29.2 Å². The van der Waals surface area contributed by atoms with Gasteiger partial charge in [0.15, 0.2) is 16.6 Å². The van der Waals surface area contributed by atoms with Crippen LogP contribution in [0, 0.1) is 0 Å². The van der Waals surface area contributed by atoms with Crippen molar-refractivity contribution in [1.82, 2.24) is 5.32 Å². The summed E-state index contributed by atoms with van der Waals surface area (Å²) in [6.07, 6.45) is 1.77. The zero-order chi connectivity index (χ0) is 26.2. The van der Waals surface area contributed by atoms with Gasteiger partial charge >= 0.3 is 0 Å². The summed E-state index contributed by atoms with van der Waals surface area (Å²) in [5.74, 6) is 2.67. The molecule has 0 radical (unpaired) electrons. The standard InChI is InChI=1S/C29H30N2O5S/c1-4-33-23-14-10-22(11-15-23)31-28(32)25(30-29(31)37)17-20-7-12-24(13-8-20)36-19-21-9-16-26(34-5-2)27(18-21)35-6-3/h7-18H,4-6,19H2,1-3H3,(H,30,37)/b25-17+. The molecule has 1 aliphatic rings. The first-order chi connectivity index (χ1) is 18.0. The minimum Gasteiger partial charge on any atom is -0.494 e. The highest BCUT2D eigenvalue weighted by Crippen LogP contribution is 2.29. The fraction of sp³-hybridized carbons (Fsp3) is 0.241. The number of amides is 1. The maximum Gasteiger partial charge on any atom is 0.281 e. The van der Waals surface area contributed by atoms with E-state index in [-0.39, 0.29) is 5.91 Å². The lowest BCUT2D eigenvalue weighted by Crippen LogP contribution is -2.30. The molecule has 1 saturated heterocycles. The van der Waals surface area contributed by atoms with Crippen molar-refractivity contribution in [2.45, 2.75) is 27.4 Å². The summed E-state index contributed by atoms with van der Waals surface area (Å²) in [4.78, 5) is 14.5. The van der Waals surface area contributed by atoms with E-state index in [1.807, 2.05) is 87.5 Å². The van der Waals surface area contributed by atoms with E-state index < -0.39 is 0 Å². The maximum absolute atomic E-state index is 13.0. The average molecular weight is 519 g/mol. The summed E-state index contributed by atoms with van der Waals surface area (Å²) in [7, 11) is 0. The van der Waals surface area contributed by atoms with Crippen molar-refractivity contribution in [2.24, 2.45) is 0 Å². The van der Waals surface area contributed by atoms with Crippen molar-refractivity contribution in [3.63, 3.8) is 0 Å². The Hall–Kier alpha value is -4.04. The van der Waals surface area contributed by atoms with Crippen LogP contribution in [-0.2, 0) is 11.4 Å². The summed E-state index contributed by atoms with van der Waals surface area (Å²) >= 11 is 5.41. The van der Waals surface area contributed by atoms with Gasteiger partial charge in [0.1, 0.15) is 23.8 Å². The molecule has 0 saturated carbocycles. The van der Waals surface area contributed by atoms with Crippen molar-refractivity contribution >= 4 is 35.0 Å². The van der Waals surface area contributed by atoms with E-state index in [1.54, 1.807) is 6.08 Å². The van der Waals surface area contributed by atoms with Gasteiger partial charge < -0.3 is 24.3 Å². The zero-order valence-corrected chi connectivity index (χ0v) is 22.0. The third kappa shape index (κ3) is 6.40. The number of carbonyl (C=O) groups excluding carboxylic acids is 1. The molecule has 8 heteroatoms. The Bertz CT molecular complexity index is 1270. The monoisotopic (exact) mass is 518 g/mol. The summed E-state index contributed by atoms with van der Waals surface area (Å²) in [6.45, 7) is 7.90. The summed E-state index contributed by atoms with van der Waals surface area (Å²) in [6, 6.07) is 20.6. The van der Waals surface area contributed by atoms with Crippen molar-refractivity contribution in [2.75, 3.05) is 24.7 Å². The predicted molar refractivity (Wildman–Crippen MR) is 148 cm³/mol. The number of thiocarbonyl (C=S) groups is 1. The lowest BCUT2D eigenvalue weighted by molar-refractivity contribution is -0.113. The van der Waals surface area contributed by atoms with Crippen LogP contribution in [0.1, 0.15) is 31.9 Å². The highest BCUT2D eigenvalue weighted by atomic mass is 32.1. The van der Waals surface area contributed by atoms with Crippen molar-refractivity contribution in [1.29, 1.82) is 0 Å². The normalized spacial score (nSPS) is 14.0. The molecule has 3 aromatic carbocycles. The van der Waals surface area contributed by atoms with E-state index in [1.165, 1.54) is 4.90 Å². The number of benzene rings is 3. The van der Waals surface area contributed by atoms with Crippen LogP contribution >= 0.6 is 12.2 Å². The highest BCUT2D eigenvalue weighted by Gasteiger charge is 2.31. The van der Waals surface area contributed by atoms with Crippen LogP contribution in [0.15, 0.2) is 72.4 Å². The molecule has 1 amide bonds. The van der Waals surface area contributed by atoms with Crippen LogP contribution in [0.3, 0.4) is 0 Å². The summed E-state index contributed by atoms with van der Waals surface area (Å²) in [5.41, 5.74) is 2.91. The smallest absolute Gasteiger partial charge is 0.281 e. The Balaban J connectivity index is 1.40. The van der Waals surface area contributed by atoms with E-state index in [9.17, 15) is 4.79 Å². The number of rotatable bonds is 11. The van der Waals surface area contributed by atoms with E-state index >= 15 is 0 Å². The first-order valence-corrected chi connectivity index (χ1v) is 12.6. The topological polar surface area (TPSA) is 69.3 Å². The van der Waals surface area contributed by atoms with Gasteiger partial charge in [0.25, 0.3) is 5.91 Å². The second kappa shape index (κ2) is 12.3. The molecule has 1 heterocycles. The van der Waals surface area contributed by atoms with Gasteiger partial charge in [-0.1, -0.05) is 18.2 Å². The van der Waals surface area contributed by atoms with Crippen LogP contribution in [0.25, 0.3) is 6.08 Å². The van der Waals surface area contributed by atoms with E-state index in [2.05, 4.69) is 5.32 Å². The molecular formula is C29H30N2O5S. The molecule has 3 aromatic rings. The molecule has 0 aliphatic carbocycles. The predicted octanol–water partition coefficient (Wildman–Crippen LogP) is 5.72. The molecule has 1 aliphatic heterocycles. The molecule has 0 aromatic heterocycles. The Labute approximate surface area is 222 Å². The lowest BCUT2D eigenvalue weighted by atomic mass is 10.1. The molecule has 7 nitrogen and oxygen atoms in total. The van der Waals surface area contributed by atoms with E-state index in [0.29, 0.717) is 54.4 Å². The van der Waals surface area contributed by atoms with Gasteiger partial charge in [-0.2, -0.15) is 0 Å². The van der Waals surface area contributed by atoms with Gasteiger partial charge in [0, 0.05) is 0 Å². The van der Waals surface area contributed by atoms with Crippen LogP contribution in [0.2, 0.25) is 0 Å². The van der Waals surface area contributed by atoms with E-state index in [4.69, 9.17) is 31.2 Å². The Kier molecular flexibility index (Phi) is 8.64. The number of anilines is 1. The van der Waals surface area contributed by atoms with Gasteiger partial charge in [-0.05, 0) is 98.7 Å². The molecule has 1 N–H and O–H groups in total. The first-order valence-electron chi connectivity index (χ1n) is 12.2. The number of ether oxygens (including phenoxy) is 4. The number of hydrogen-bond acceptors (Lipinski definition) is 6. The van der Waals surface area contributed by atoms with Crippen molar-refractivity contribution in [3.8, 4) is 23.0 Å². The van der Waals surface area contributed by atoms with Gasteiger partial charge in [-0.15, -0.1) is 0 Å². The fourth-order valence-corrected chi connectivity index (χ4v) is 4.10. The largest absolute Gasteiger partial charge is 0.494 e. The number of carbonyl (C=O) groups is 1. The molecule has 0 bridgehead atoms. The SMILES string of the molecule is CCOc1ccc(N2C(=O)/C(=C\c3ccc(OCc4ccc(OCC)c(OCC)c4)cc3)NC2=S)cc1. The van der Waals surface area contributed by atoms with Crippen molar-refractivity contribution < 1.29 is 23.7 Å². The molecule has 1 fully saturated rings. The third-order valence-corrected chi connectivity index (χ3v) is 5.77. The average Bonchev–Trinajstić information content (AvgIpc) is 3.18. The number of hydrogen-bond donors (Lipinski definition) is 1. The van der Waals surface area contributed by atoms with Crippen LogP contribution in [0.4, 0.5) is 5.69 Å². The molecule has 0 atom stereocenters.